The number of likely N-dealkylation sites (tertiary alicyclic amines) is 1. The predicted molar refractivity (Wildman–Crippen MR) is 163 cm³/mol. The number of halogens is 1. The average molecular weight is 666 g/mol. The van der Waals surface area contributed by atoms with Crippen LogP contribution in [0.1, 0.15) is 86.5 Å². The number of fused-ring (bicyclic) bond motifs is 1. The zero-order valence-electron chi connectivity index (χ0n) is 26.0. The van der Waals surface area contributed by atoms with E-state index in [2.05, 4.69) is 30.7 Å². The average Bonchev–Trinajstić information content (AvgIpc) is 3.42. The molecule has 0 radical (unpaired) electrons. The van der Waals surface area contributed by atoms with Crippen molar-refractivity contribution >= 4 is 44.9 Å². The standard InChI is InChI=1S/C18H23FN5O3.3C4H9.Sn/c1-18(2,3)27-17(25)24-7-6-11(10-24)23(4)15-12-8-20-9-13(19)14(12)21-16(22-15)26-5;3*1-3-4-2;/h8,11H,6-7,10H2,1-5H3;3*1,3-4H2,2H3;. The summed E-state index contributed by atoms with van der Waals surface area (Å²) in [7, 11) is 3.45. The zero-order valence-corrected chi connectivity index (χ0v) is 28.8. The van der Waals surface area contributed by atoms with E-state index < -0.39 is 24.0 Å². The Morgan fingerprint density at radius 3 is 2.23 bits per heavy atom. The van der Waals surface area contributed by atoms with E-state index in [9.17, 15) is 4.79 Å². The number of amides is 1. The number of anilines is 1. The van der Waals surface area contributed by atoms with Gasteiger partial charge in [0.2, 0.25) is 0 Å². The summed E-state index contributed by atoms with van der Waals surface area (Å²) in [6.45, 7) is 13.3. The molecule has 0 N–H and O–H groups in total. The van der Waals surface area contributed by atoms with E-state index in [1.807, 2.05) is 32.7 Å². The zero-order chi connectivity index (χ0) is 29.5. The fourth-order valence-electron chi connectivity index (χ4n) is 5.75. The van der Waals surface area contributed by atoms with Crippen molar-refractivity contribution in [1.82, 2.24) is 19.9 Å². The summed E-state index contributed by atoms with van der Waals surface area (Å²) in [5, 5.41) is 0.585. The minimum absolute atomic E-state index is 0.00464. The molecule has 1 saturated heterocycles. The van der Waals surface area contributed by atoms with Crippen molar-refractivity contribution in [2.24, 2.45) is 0 Å². The van der Waals surface area contributed by atoms with Crippen LogP contribution in [0.15, 0.2) is 6.20 Å². The van der Waals surface area contributed by atoms with Gasteiger partial charge in [-0.3, -0.25) is 0 Å². The number of carbonyl (C=O) groups excluding carboxylic acids is 1. The van der Waals surface area contributed by atoms with Crippen LogP contribution >= 0.6 is 0 Å². The first-order valence-corrected chi connectivity index (χ1v) is 22.6. The summed E-state index contributed by atoms with van der Waals surface area (Å²) in [6, 6.07) is 0.138. The van der Waals surface area contributed by atoms with E-state index in [1.54, 1.807) is 11.1 Å². The number of carbonyl (C=O) groups is 1. The van der Waals surface area contributed by atoms with E-state index in [0.717, 1.165) is 62.0 Å². The summed E-state index contributed by atoms with van der Waals surface area (Å²) in [5.74, 6) is 0.307. The van der Waals surface area contributed by atoms with Crippen LogP contribution in [0.5, 0.6) is 6.01 Å². The number of hydrogen-bond acceptors (Lipinski definition) is 7. The Balaban J connectivity index is 2.04. The Labute approximate surface area is 244 Å². The molecule has 1 fully saturated rings. The number of likely N-dealkylation sites (N-methyl/N-ethyl adjacent to an activating group) is 1. The van der Waals surface area contributed by atoms with Gasteiger partial charge >= 0.3 is 224 Å². The molecule has 2 aromatic heterocycles. The van der Waals surface area contributed by atoms with E-state index in [4.69, 9.17) is 14.5 Å². The molecule has 2 aromatic rings. The molecule has 10 heteroatoms. The second-order valence-corrected chi connectivity index (χ2v) is 25.2. The molecule has 0 aliphatic carbocycles. The number of unbranched alkanes of at least 4 members (excludes halogenated alkanes) is 3. The van der Waals surface area contributed by atoms with Crippen molar-refractivity contribution in [1.29, 1.82) is 0 Å². The van der Waals surface area contributed by atoms with Gasteiger partial charge in [0.1, 0.15) is 0 Å². The summed E-state index contributed by atoms with van der Waals surface area (Å²) in [5.41, 5.74) is -0.254. The maximum absolute atomic E-state index is 16.7. The van der Waals surface area contributed by atoms with Crippen molar-refractivity contribution < 1.29 is 18.7 Å². The molecule has 1 aliphatic rings. The minimum atomic E-state index is -3.16. The van der Waals surface area contributed by atoms with Gasteiger partial charge in [-0.1, -0.05) is 0 Å². The van der Waals surface area contributed by atoms with Gasteiger partial charge in [-0.15, -0.1) is 0 Å². The molecule has 1 aliphatic heterocycles. The maximum atomic E-state index is 16.7. The first kappa shape index (κ1) is 32.6. The van der Waals surface area contributed by atoms with E-state index in [-0.39, 0.29) is 24.0 Å². The number of rotatable bonds is 13. The van der Waals surface area contributed by atoms with Gasteiger partial charge in [-0.2, -0.15) is 0 Å². The summed E-state index contributed by atoms with van der Waals surface area (Å²) in [4.78, 5) is 30.5. The second kappa shape index (κ2) is 14.3. The van der Waals surface area contributed by atoms with Crippen LogP contribution in [0.4, 0.5) is 15.0 Å². The Kier molecular flexibility index (Phi) is 11.7. The Hall–Kier alpha value is -1.91. The van der Waals surface area contributed by atoms with E-state index in [1.165, 1.54) is 7.11 Å². The molecule has 8 nitrogen and oxygen atoms in total. The number of nitrogens with zero attached hydrogens (tertiary/aromatic N) is 5. The normalized spacial score (nSPS) is 16.0. The van der Waals surface area contributed by atoms with Crippen molar-refractivity contribution in [2.75, 3.05) is 32.1 Å². The number of methoxy groups -OCH3 is 1. The SMILES string of the molecule is CCC[CH2][Sn]([CH2]CCC)([CH2]CCC)[c]1ncc2c(N(C)C3CCN(C(=O)OC(C)(C)C)C3)nc(OC)nc2c1F. The number of aromatic nitrogens is 3. The molecule has 0 bridgehead atoms. The molecule has 40 heavy (non-hydrogen) atoms. The molecule has 1 atom stereocenters. The van der Waals surface area contributed by atoms with Crippen molar-refractivity contribution in [3.8, 4) is 6.01 Å². The van der Waals surface area contributed by atoms with Gasteiger partial charge in [0, 0.05) is 0 Å². The molecule has 1 unspecified atom stereocenters. The molecule has 0 saturated carbocycles. The first-order valence-electron chi connectivity index (χ1n) is 15.1. The van der Waals surface area contributed by atoms with Crippen LogP contribution in [0.25, 0.3) is 10.9 Å². The summed E-state index contributed by atoms with van der Waals surface area (Å²) < 4.78 is 31.8. The van der Waals surface area contributed by atoms with Gasteiger partial charge in [0.25, 0.3) is 0 Å². The fourth-order valence-corrected chi connectivity index (χ4v) is 21.4. The Bertz CT molecular complexity index is 1120. The van der Waals surface area contributed by atoms with Crippen LogP contribution in [-0.4, -0.2) is 83.2 Å². The van der Waals surface area contributed by atoms with Gasteiger partial charge in [0.05, 0.1) is 0 Å². The summed E-state index contributed by atoms with van der Waals surface area (Å²) >= 11 is -3.16. The molecule has 1 amide bonds. The predicted octanol–water partition coefficient (Wildman–Crippen LogP) is 6.67. The van der Waals surface area contributed by atoms with Crippen molar-refractivity contribution in [2.45, 2.75) is 111 Å². The third-order valence-corrected chi connectivity index (χ3v) is 23.1. The molecule has 0 aromatic carbocycles. The number of ether oxygens (including phenoxy) is 2. The van der Waals surface area contributed by atoms with Crippen LogP contribution in [-0.2, 0) is 4.74 Å². The monoisotopic (exact) mass is 667 g/mol. The van der Waals surface area contributed by atoms with Crippen LogP contribution < -0.4 is 13.3 Å². The Morgan fingerprint density at radius 1 is 1.10 bits per heavy atom. The first-order chi connectivity index (χ1) is 19.0. The topological polar surface area (TPSA) is 80.7 Å². The van der Waals surface area contributed by atoms with Crippen molar-refractivity contribution in [3.63, 3.8) is 0 Å². The van der Waals surface area contributed by atoms with Gasteiger partial charge in [0.15, 0.2) is 0 Å². The third kappa shape index (κ3) is 7.67. The molecular formula is C30H50FN5O3Sn. The molecule has 0 spiro atoms. The number of pyridine rings is 1. The molecule has 3 rings (SSSR count). The molecular weight excluding hydrogens is 616 g/mol. The second-order valence-electron chi connectivity index (χ2n) is 12.3. The molecule has 224 valence electrons. The van der Waals surface area contributed by atoms with Gasteiger partial charge < -0.3 is 0 Å². The van der Waals surface area contributed by atoms with Gasteiger partial charge in [-0.05, 0) is 20.8 Å². The van der Waals surface area contributed by atoms with Crippen molar-refractivity contribution in [3.05, 3.63) is 12.0 Å². The quantitative estimate of drug-likeness (QED) is 0.221. The van der Waals surface area contributed by atoms with Crippen LogP contribution in [0, 0.1) is 5.82 Å². The van der Waals surface area contributed by atoms with E-state index >= 15 is 4.39 Å². The summed E-state index contributed by atoms with van der Waals surface area (Å²) in [6.07, 6.45) is 8.94. The van der Waals surface area contributed by atoms with E-state index in [0.29, 0.717) is 29.8 Å². The number of hydrogen-bond donors (Lipinski definition) is 0. The Morgan fingerprint density at radius 2 is 1.70 bits per heavy atom. The van der Waals surface area contributed by atoms with Crippen LogP contribution in [0.3, 0.4) is 0 Å². The molecule has 3 heterocycles. The fraction of sp³-hybridized carbons (Fsp3) is 0.733. The third-order valence-electron chi connectivity index (χ3n) is 8.05. The van der Waals surface area contributed by atoms with Crippen LogP contribution in [0.2, 0.25) is 13.3 Å². The van der Waals surface area contributed by atoms with Gasteiger partial charge in [-0.25, -0.2) is 0 Å².